The molecule has 0 saturated heterocycles. The Kier molecular flexibility index (Phi) is 7.38. The molecule has 1 aromatic heterocycles. The molecule has 2 heterocycles. The maximum atomic E-state index is 13.8. The molecule has 0 saturated carbocycles. The van der Waals surface area contributed by atoms with Gasteiger partial charge in [0.15, 0.2) is 5.02 Å². The van der Waals surface area contributed by atoms with Crippen molar-refractivity contribution in [3.8, 4) is 5.88 Å². The highest BCUT2D eigenvalue weighted by Crippen LogP contribution is 2.37. The van der Waals surface area contributed by atoms with E-state index in [-0.39, 0.29) is 42.7 Å². The second kappa shape index (κ2) is 10.4. The van der Waals surface area contributed by atoms with Crippen LogP contribution in [0.3, 0.4) is 0 Å². The fraction of sp³-hybridized carbons (Fsp3) is 0.280. The molecule has 0 unspecified atom stereocenters. The van der Waals surface area contributed by atoms with Crippen molar-refractivity contribution in [1.29, 1.82) is 0 Å². The van der Waals surface area contributed by atoms with Gasteiger partial charge in [0.25, 0.3) is 5.56 Å². The van der Waals surface area contributed by atoms with Crippen molar-refractivity contribution in [2.45, 2.75) is 39.0 Å². The van der Waals surface area contributed by atoms with Gasteiger partial charge in [-0.15, -0.1) is 0 Å². The molecule has 1 aliphatic rings. The summed E-state index contributed by atoms with van der Waals surface area (Å²) in [5.74, 6) is -2.15. The number of ether oxygens (including phenoxy) is 1. The van der Waals surface area contributed by atoms with E-state index in [9.17, 15) is 28.3 Å². The number of primary amides is 1. The minimum Gasteiger partial charge on any atom is -0.471 e. The smallest absolute Gasteiger partial charge is 0.320 e. The third-order valence-corrected chi connectivity index (χ3v) is 6.06. The number of aliphatic hydroxyl groups is 1. The minimum atomic E-state index is -1.24. The van der Waals surface area contributed by atoms with E-state index in [1.807, 2.05) is 0 Å². The molecule has 3 aromatic rings. The summed E-state index contributed by atoms with van der Waals surface area (Å²) in [6.07, 6.45) is 1.03. The lowest BCUT2D eigenvalue weighted by atomic mass is 10.0. The molecule has 0 spiro atoms. The highest BCUT2D eigenvalue weighted by molar-refractivity contribution is 6.31. The van der Waals surface area contributed by atoms with Crippen molar-refractivity contribution in [2.24, 2.45) is 5.73 Å². The van der Waals surface area contributed by atoms with Crippen molar-refractivity contribution in [3.63, 3.8) is 0 Å². The normalized spacial score (nSPS) is 13.0. The number of benzene rings is 2. The molecule has 0 atom stereocenters. The largest absolute Gasteiger partial charge is 0.471 e. The van der Waals surface area contributed by atoms with Crippen molar-refractivity contribution < 1.29 is 28.2 Å². The second-order valence-corrected chi connectivity index (χ2v) is 9.74. The minimum absolute atomic E-state index is 0.00984. The summed E-state index contributed by atoms with van der Waals surface area (Å²) >= 11 is 6.15. The van der Waals surface area contributed by atoms with E-state index in [2.05, 4.69) is 4.98 Å². The fourth-order valence-electron chi connectivity index (χ4n) is 3.92. The molecule has 3 amide bonds. The molecular weight excluding hydrogens is 524 g/mol. The number of hydrogen-bond acceptors (Lipinski definition) is 6. The Morgan fingerprint density at radius 2 is 1.89 bits per heavy atom. The molecule has 13 heteroatoms. The molecule has 38 heavy (non-hydrogen) atoms. The SMILES string of the molecule is CC(C)(O)CC(=O)N1CN(C(N)=O)c2cc(Cn3cnc(OCc4ccc(F)cc4F)c(Cl)c3=O)ccc21. The molecule has 0 fully saturated rings. The molecule has 0 bridgehead atoms. The first-order chi connectivity index (χ1) is 17.8. The zero-order chi connectivity index (χ0) is 27.8. The van der Waals surface area contributed by atoms with E-state index in [1.54, 1.807) is 18.2 Å². The van der Waals surface area contributed by atoms with Crippen molar-refractivity contribution >= 4 is 34.9 Å². The fourth-order valence-corrected chi connectivity index (χ4v) is 4.13. The summed E-state index contributed by atoms with van der Waals surface area (Å²) in [6, 6.07) is 7.11. The van der Waals surface area contributed by atoms with Crippen LogP contribution in [0.2, 0.25) is 5.02 Å². The number of urea groups is 1. The second-order valence-electron chi connectivity index (χ2n) is 9.36. The standard InChI is InChI=1S/C25H24ClF2N5O5/c1-25(2,37)9-20(34)32-13-33(24(29)36)19-7-14(3-6-18(19)32)10-31-12-30-22(21(26)23(31)35)38-11-15-4-5-16(27)8-17(15)28/h3-8,12,37H,9-11,13H2,1-2H3,(H2,29,36). The van der Waals surface area contributed by atoms with Gasteiger partial charge in [0, 0.05) is 11.6 Å². The van der Waals surface area contributed by atoms with Crippen molar-refractivity contribution in [2.75, 3.05) is 16.5 Å². The predicted molar refractivity (Wildman–Crippen MR) is 135 cm³/mol. The van der Waals surface area contributed by atoms with Crippen LogP contribution >= 0.6 is 11.6 Å². The number of anilines is 2. The predicted octanol–water partition coefficient (Wildman–Crippen LogP) is 3.15. The Balaban J connectivity index is 1.55. The Hall–Kier alpha value is -4.03. The molecule has 1 aliphatic heterocycles. The van der Waals surface area contributed by atoms with E-state index in [1.165, 1.54) is 40.6 Å². The summed E-state index contributed by atoms with van der Waals surface area (Å²) in [5.41, 5.74) is 5.07. The topological polar surface area (TPSA) is 131 Å². The van der Waals surface area contributed by atoms with E-state index >= 15 is 0 Å². The van der Waals surface area contributed by atoms with Crippen LogP contribution in [0.25, 0.3) is 0 Å². The van der Waals surface area contributed by atoms with Crippen LogP contribution in [0.4, 0.5) is 25.0 Å². The Labute approximate surface area is 220 Å². The average Bonchev–Trinajstić information content (AvgIpc) is 3.21. The van der Waals surface area contributed by atoms with E-state index in [0.717, 1.165) is 6.07 Å². The first-order valence-electron chi connectivity index (χ1n) is 11.4. The zero-order valence-electron chi connectivity index (χ0n) is 20.5. The number of fused-ring (bicyclic) bond motifs is 1. The number of nitrogens with zero attached hydrogens (tertiary/aromatic N) is 4. The van der Waals surface area contributed by atoms with Gasteiger partial charge in [-0.3, -0.25) is 24.0 Å². The molecule has 3 N–H and O–H groups in total. The Morgan fingerprint density at radius 3 is 2.55 bits per heavy atom. The number of carbonyl (C=O) groups excluding carboxylic acids is 2. The number of hydrogen-bond donors (Lipinski definition) is 2. The molecule has 0 radical (unpaired) electrons. The molecule has 10 nitrogen and oxygen atoms in total. The molecule has 4 rings (SSSR count). The number of carbonyl (C=O) groups is 2. The number of nitrogens with two attached hydrogens (primary N) is 1. The summed E-state index contributed by atoms with van der Waals surface area (Å²) < 4.78 is 33.5. The van der Waals surface area contributed by atoms with Gasteiger partial charge in [-0.2, -0.15) is 0 Å². The Bertz CT molecular complexity index is 1470. The summed E-state index contributed by atoms with van der Waals surface area (Å²) in [6.45, 7) is 2.59. The van der Waals surface area contributed by atoms with Gasteiger partial charge in [-0.05, 0) is 43.7 Å². The van der Waals surface area contributed by atoms with Crippen LogP contribution in [0.1, 0.15) is 31.4 Å². The highest BCUT2D eigenvalue weighted by atomic mass is 35.5. The number of amides is 3. The lowest BCUT2D eigenvalue weighted by Crippen LogP contribution is -2.42. The van der Waals surface area contributed by atoms with Crippen molar-refractivity contribution in [3.05, 3.63) is 80.9 Å². The number of aromatic nitrogens is 2. The van der Waals surface area contributed by atoms with E-state index in [4.69, 9.17) is 22.1 Å². The monoisotopic (exact) mass is 547 g/mol. The van der Waals surface area contributed by atoms with Gasteiger partial charge >= 0.3 is 6.03 Å². The third kappa shape index (κ3) is 5.76. The summed E-state index contributed by atoms with van der Waals surface area (Å²) in [4.78, 5) is 44.2. The zero-order valence-corrected chi connectivity index (χ0v) is 21.2. The molecule has 2 aromatic carbocycles. The van der Waals surface area contributed by atoms with Gasteiger partial charge in [0.1, 0.15) is 31.2 Å². The maximum absolute atomic E-state index is 13.8. The van der Waals surface area contributed by atoms with Crippen molar-refractivity contribution in [1.82, 2.24) is 9.55 Å². The van der Waals surface area contributed by atoms with E-state index < -0.39 is 34.7 Å². The van der Waals surface area contributed by atoms with Gasteiger partial charge in [-0.25, -0.2) is 18.6 Å². The maximum Gasteiger partial charge on any atom is 0.320 e. The van der Waals surface area contributed by atoms with Gasteiger partial charge in [-0.1, -0.05) is 17.7 Å². The third-order valence-electron chi connectivity index (χ3n) is 5.74. The molecular formula is C25H24ClF2N5O5. The average molecular weight is 548 g/mol. The first-order valence-corrected chi connectivity index (χ1v) is 11.8. The number of rotatable bonds is 7. The molecule has 200 valence electrons. The first kappa shape index (κ1) is 27.0. The highest BCUT2D eigenvalue weighted by Gasteiger charge is 2.34. The van der Waals surface area contributed by atoms with Crippen LogP contribution < -0.4 is 25.8 Å². The van der Waals surface area contributed by atoms with Gasteiger partial charge in [0.2, 0.25) is 11.8 Å². The summed E-state index contributed by atoms with van der Waals surface area (Å²) in [5, 5.41) is 9.69. The summed E-state index contributed by atoms with van der Waals surface area (Å²) in [7, 11) is 0. The quantitative estimate of drug-likeness (QED) is 0.467. The van der Waals surface area contributed by atoms with Crippen LogP contribution in [0.5, 0.6) is 5.88 Å². The van der Waals surface area contributed by atoms with Crippen LogP contribution in [0.15, 0.2) is 47.5 Å². The Morgan fingerprint density at radius 1 is 1.16 bits per heavy atom. The van der Waals surface area contributed by atoms with Crippen LogP contribution in [0, 0.1) is 11.6 Å². The van der Waals surface area contributed by atoms with E-state index in [0.29, 0.717) is 23.0 Å². The lowest BCUT2D eigenvalue weighted by Gasteiger charge is -2.22. The van der Waals surface area contributed by atoms with Crippen LogP contribution in [-0.4, -0.2) is 38.9 Å². The van der Waals surface area contributed by atoms with Gasteiger partial charge in [0.05, 0.1) is 29.9 Å². The van der Waals surface area contributed by atoms with Gasteiger partial charge < -0.3 is 15.6 Å². The molecule has 0 aliphatic carbocycles. The number of halogens is 3. The van der Waals surface area contributed by atoms with Crippen LogP contribution in [-0.2, 0) is 17.9 Å². The lowest BCUT2D eigenvalue weighted by molar-refractivity contribution is -0.122.